The fourth-order valence-electron chi connectivity index (χ4n) is 1.64. The van der Waals surface area contributed by atoms with E-state index in [1.807, 2.05) is 6.92 Å². The van der Waals surface area contributed by atoms with Gasteiger partial charge in [-0.05, 0) is 13.3 Å². The Hall–Kier alpha value is -0.650. The molecule has 2 unspecified atom stereocenters. The van der Waals surface area contributed by atoms with Crippen LogP contribution in [0.15, 0.2) is 0 Å². The zero-order valence-electron chi connectivity index (χ0n) is 9.07. The van der Waals surface area contributed by atoms with Crippen LogP contribution in [0.2, 0.25) is 0 Å². The van der Waals surface area contributed by atoms with Crippen LogP contribution in [0.5, 0.6) is 0 Å². The summed E-state index contributed by atoms with van der Waals surface area (Å²) >= 11 is 0. The second-order valence-electron chi connectivity index (χ2n) is 3.62. The quantitative estimate of drug-likeness (QED) is 0.618. The van der Waals surface area contributed by atoms with Crippen molar-refractivity contribution in [3.63, 3.8) is 0 Å². The third kappa shape index (κ3) is 4.59. The summed E-state index contributed by atoms with van der Waals surface area (Å²) in [5.41, 5.74) is 0. The average Bonchev–Trinajstić information content (AvgIpc) is 2.25. The summed E-state index contributed by atoms with van der Waals surface area (Å²) in [6.45, 7) is 5.00. The highest BCUT2D eigenvalue weighted by atomic mass is 16.5. The van der Waals surface area contributed by atoms with E-state index in [0.29, 0.717) is 32.8 Å². The third-order valence-electron chi connectivity index (χ3n) is 2.44. The molecular formula is C10H19NO4. The second-order valence-corrected chi connectivity index (χ2v) is 3.62. The zero-order valence-corrected chi connectivity index (χ0v) is 9.07. The Morgan fingerprint density at radius 2 is 2.27 bits per heavy atom. The molecular weight excluding hydrogens is 198 g/mol. The van der Waals surface area contributed by atoms with Gasteiger partial charge in [0.1, 0.15) is 0 Å². The van der Waals surface area contributed by atoms with Crippen LogP contribution in [0.4, 0.5) is 0 Å². The van der Waals surface area contributed by atoms with E-state index in [2.05, 4.69) is 5.32 Å². The zero-order chi connectivity index (χ0) is 11.1. The SMILES string of the molecule is CCOCCOC1CNCC(C(=O)O)C1. The Morgan fingerprint density at radius 1 is 1.47 bits per heavy atom. The van der Waals surface area contributed by atoms with Gasteiger partial charge in [-0.15, -0.1) is 0 Å². The second kappa shape index (κ2) is 6.76. The normalized spacial score (nSPS) is 26.5. The molecule has 5 nitrogen and oxygen atoms in total. The summed E-state index contributed by atoms with van der Waals surface area (Å²) in [6, 6.07) is 0. The molecule has 0 spiro atoms. The molecule has 0 aromatic carbocycles. The van der Waals surface area contributed by atoms with E-state index in [9.17, 15) is 4.79 Å². The summed E-state index contributed by atoms with van der Waals surface area (Å²) in [6.07, 6.45) is 0.592. The minimum absolute atomic E-state index is 0.000283. The fourth-order valence-corrected chi connectivity index (χ4v) is 1.64. The molecule has 0 bridgehead atoms. The molecule has 0 aromatic rings. The van der Waals surface area contributed by atoms with Crippen LogP contribution >= 0.6 is 0 Å². The number of piperidine rings is 1. The van der Waals surface area contributed by atoms with Crippen LogP contribution in [0, 0.1) is 5.92 Å². The Morgan fingerprint density at radius 3 is 2.93 bits per heavy atom. The molecule has 0 saturated carbocycles. The van der Waals surface area contributed by atoms with Crippen molar-refractivity contribution in [2.45, 2.75) is 19.4 Å². The monoisotopic (exact) mass is 217 g/mol. The molecule has 1 heterocycles. The number of rotatable bonds is 6. The number of carbonyl (C=O) groups is 1. The first-order valence-electron chi connectivity index (χ1n) is 5.37. The van der Waals surface area contributed by atoms with Crippen LogP contribution in [0.3, 0.4) is 0 Å². The van der Waals surface area contributed by atoms with Crippen LogP contribution in [0.25, 0.3) is 0 Å². The predicted molar refractivity (Wildman–Crippen MR) is 54.8 cm³/mol. The summed E-state index contributed by atoms with van der Waals surface area (Å²) in [5.74, 6) is -1.07. The van der Waals surface area contributed by atoms with Gasteiger partial charge in [-0.3, -0.25) is 4.79 Å². The lowest BCUT2D eigenvalue weighted by Crippen LogP contribution is -2.43. The highest BCUT2D eigenvalue weighted by molar-refractivity contribution is 5.70. The lowest BCUT2D eigenvalue weighted by molar-refractivity contribution is -0.144. The average molecular weight is 217 g/mol. The lowest BCUT2D eigenvalue weighted by atomic mass is 9.98. The fraction of sp³-hybridized carbons (Fsp3) is 0.900. The molecule has 0 aromatic heterocycles. The third-order valence-corrected chi connectivity index (χ3v) is 2.44. The smallest absolute Gasteiger partial charge is 0.307 e. The number of hydrogen-bond donors (Lipinski definition) is 2. The number of nitrogens with one attached hydrogen (secondary N) is 1. The van der Waals surface area contributed by atoms with Crippen molar-refractivity contribution in [3.8, 4) is 0 Å². The van der Waals surface area contributed by atoms with Gasteiger partial charge in [-0.1, -0.05) is 0 Å². The van der Waals surface area contributed by atoms with Crippen molar-refractivity contribution in [1.82, 2.24) is 5.32 Å². The van der Waals surface area contributed by atoms with Gasteiger partial charge < -0.3 is 19.9 Å². The van der Waals surface area contributed by atoms with Crippen LogP contribution < -0.4 is 5.32 Å². The van der Waals surface area contributed by atoms with E-state index >= 15 is 0 Å². The molecule has 1 aliphatic rings. The molecule has 15 heavy (non-hydrogen) atoms. The number of carboxylic acids is 1. The van der Waals surface area contributed by atoms with Crippen molar-refractivity contribution in [3.05, 3.63) is 0 Å². The molecule has 0 radical (unpaired) electrons. The largest absolute Gasteiger partial charge is 0.481 e. The van der Waals surface area contributed by atoms with Crippen LogP contribution in [-0.4, -0.2) is 50.1 Å². The first-order valence-corrected chi connectivity index (χ1v) is 5.37. The number of hydrogen-bond acceptors (Lipinski definition) is 4. The van der Waals surface area contributed by atoms with Crippen molar-refractivity contribution >= 4 is 5.97 Å². The van der Waals surface area contributed by atoms with Crippen molar-refractivity contribution in [1.29, 1.82) is 0 Å². The molecule has 5 heteroatoms. The topological polar surface area (TPSA) is 67.8 Å². The van der Waals surface area contributed by atoms with E-state index in [0.717, 1.165) is 6.54 Å². The summed E-state index contributed by atoms with van der Waals surface area (Å²) in [4.78, 5) is 10.8. The van der Waals surface area contributed by atoms with Gasteiger partial charge in [0.2, 0.25) is 0 Å². The van der Waals surface area contributed by atoms with Gasteiger partial charge in [0.25, 0.3) is 0 Å². The first-order chi connectivity index (χ1) is 7.24. The Balaban J connectivity index is 2.15. The molecule has 1 fully saturated rings. The minimum Gasteiger partial charge on any atom is -0.481 e. The van der Waals surface area contributed by atoms with Gasteiger partial charge in [0, 0.05) is 19.7 Å². The Labute approximate surface area is 89.8 Å². The van der Waals surface area contributed by atoms with Crippen LogP contribution in [0.1, 0.15) is 13.3 Å². The Kier molecular flexibility index (Phi) is 5.60. The summed E-state index contributed by atoms with van der Waals surface area (Å²) in [5, 5.41) is 11.9. The molecule has 0 aliphatic carbocycles. The van der Waals surface area contributed by atoms with Crippen molar-refractivity contribution < 1.29 is 19.4 Å². The van der Waals surface area contributed by atoms with Gasteiger partial charge >= 0.3 is 5.97 Å². The van der Waals surface area contributed by atoms with Gasteiger partial charge in [-0.2, -0.15) is 0 Å². The number of carboxylic acid groups (broad SMARTS) is 1. The number of aliphatic carboxylic acids is 1. The minimum atomic E-state index is -0.749. The van der Waals surface area contributed by atoms with Crippen molar-refractivity contribution in [2.75, 3.05) is 32.9 Å². The first kappa shape index (κ1) is 12.4. The van der Waals surface area contributed by atoms with Crippen LogP contribution in [-0.2, 0) is 14.3 Å². The molecule has 1 aliphatic heterocycles. The van der Waals surface area contributed by atoms with E-state index < -0.39 is 5.97 Å². The lowest BCUT2D eigenvalue weighted by Gasteiger charge is -2.27. The number of ether oxygens (including phenoxy) is 2. The summed E-state index contributed by atoms with van der Waals surface area (Å²) < 4.78 is 10.7. The molecule has 1 saturated heterocycles. The maximum absolute atomic E-state index is 10.8. The van der Waals surface area contributed by atoms with Gasteiger partial charge in [0.15, 0.2) is 0 Å². The maximum Gasteiger partial charge on any atom is 0.307 e. The van der Waals surface area contributed by atoms with E-state index in [1.54, 1.807) is 0 Å². The van der Waals surface area contributed by atoms with E-state index in [1.165, 1.54) is 0 Å². The molecule has 2 atom stereocenters. The standard InChI is InChI=1S/C10H19NO4/c1-2-14-3-4-15-9-5-8(10(12)13)6-11-7-9/h8-9,11H,2-7H2,1H3,(H,12,13). The highest BCUT2D eigenvalue weighted by Crippen LogP contribution is 2.13. The predicted octanol–water partition coefficient (Wildman–Crippen LogP) is 0.102. The van der Waals surface area contributed by atoms with Gasteiger partial charge in [0.05, 0.1) is 25.2 Å². The molecule has 2 N–H and O–H groups in total. The molecule has 0 amide bonds. The van der Waals surface area contributed by atoms with E-state index in [-0.39, 0.29) is 12.0 Å². The molecule has 88 valence electrons. The Bertz CT molecular complexity index is 198. The highest BCUT2D eigenvalue weighted by Gasteiger charge is 2.26. The van der Waals surface area contributed by atoms with E-state index in [4.69, 9.17) is 14.6 Å². The summed E-state index contributed by atoms with van der Waals surface area (Å²) in [7, 11) is 0. The van der Waals surface area contributed by atoms with Gasteiger partial charge in [-0.25, -0.2) is 0 Å². The molecule has 1 rings (SSSR count). The van der Waals surface area contributed by atoms with Crippen molar-refractivity contribution in [2.24, 2.45) is 5.92 Å². The maximum atomic E-state index is 10.8.